The largest absolute Gasteiger partial charge is 0.374 e. The van der Waals surface area contributed by atoms with Gasteiger partial charge in [0.1, 0.15) is 5.52 Å². The Labute approximate surface area is 168 Å². The molecule has 3 aromatic heterocycles. The van der Waals surface area contributed by atoms with Crippen molar-refractivity contribution in [1.82, 2.24) is 29.8 Å². The summed E-state index contributed by atoms with van der Waals surface area (Å²) in [4.78, 5) is 17.9. The number of ether oxygens (including phenoxy) is 1. The Bertz CT molecular complexity index is 1090. The van der Waals surface area contributed by atoms with Crippen molar-refractivity contribution in [3.05, 3.63) is 61.4 Å². The zero-order valence-electron chi connectivity index (χ0n) is 15.8. The standard InChI is InChI=1S/C21H21N7O/c1-3-16(28-9-7-23-14-28)4-2-15(1)18-11-19-20(25-6-5-24-19)21(27-18)26-13-17-12-22-8-10-29-17/h1-7,9,11,14,17,22H,8,10,12-13H2,(H,26,27)/t17-/m0/s1. The molecule has 8 heteroatoms. The Morgan fingerprint density at radius 1 is 1.14 bits per heavy atom. The van der Waals surface area contributed by atoms with Crippen molar-refractivity contribution in [1.29, 1.82) is 0 Å². The van der Waals surface area contributed by atoms with E-state index in [1.165, 1.54) is 0 Å². The van der Waals surface area contributed by atoms with Crippen LogP contribution in [0.3, 0.4) is 0 Å². The van der Waals surface area contributed by atoms with Crippen LogP contribution in [0.5, 0.6) is 0 Å². The molecule has 5 rings (SSSR count). The second kappa shape index (κ2) is 7.94. The Morgan fingerprint density at radius 3 is 2.83 bits per heavy atom. The van der Waals surface area contributed by atoms with Gasteiger partial charge in [-0.3, -0.25) is 4.98 Å². The molecular formula is C21H21N7O. The van der Waals surface area contributed by atoms with E-state index >= 15 is 0 Å². The molecule has 146 valence electrons. The summed E-state index contributed by atoms with van der Waals surface area (Å²) in [6.45, 7) is 3.11. The zero-order chi connectivity index (χ0) is 19.5. The van der Waals surface area contributed by atoms with Crippen molar-refractivity contribution in [3.63, 3.8) is 0 Å². The van der Waals surface area contributed by atoms with Gasteiger partial charge in [0.25, 0.3) is 0 Å². The molecule has 0 radical (unpaired) electrons. The third-order valence-electron chi connectivity index (χ3n) is 4.92. The maximum Gasteiger partial charge on any atom is 0.154 e. The average Bonchev–Trinajstić information content (AvgIpc) is 3.33. The molecule has 0 bridgehead atoms. The molecule has 1 fully saturated rings. The lowest BCUT2D eigenvalue weighted by Gasteiger charge is -2.24. The smallest absolute Gasteiger partial charge is 0.154 e. The molecule has 0 unspecified atom stereocenters. The quantitative estimate of drug-likeness (QED) is 0.543. The maximum atomic E-state index is 5.78. The van der Waals surface area contributed by atoms with E-state index in [0.717, 1.165) is 53.5 Å². The Balaban J connectivity index is 1.46. The molecule has 4 aromatic rings. The summed E-state index contributed by atoms with van der Waals surface area (Å²) in [6, 6.07) is 10.2. The minimum absolute atomic E-state index is 0.107. The van der Waals surface area contributed by atoms with Crippen molar-refractivity contribution in [2.75, 3.05) is 31.6 Å². The maximum absolute atomic E-state index is 5.78. The molecule has 1 aliphatic rings. The molecular weight excluding hydrogens is 366 g/mol. The van der Waals surface area contributed by atoms with E-state index in [2.05, 4.69) is 37.7 Å². The van der Waals surface area contributed by atoms with Gasteiger partial charge in [-0.2, -0.15) is 0 Å². The van der Waals surface area contributed by atoms with Crippen LogP contribution in [0.25, 0.3) is 28.0 Å². The number of benzene rings is 1. The zero-order valence-corrected chi connectivity index (χ0v) is 15.8. The second-order valence-electron chi connectivity index (χ2n) is 6.87. The first-order valence-corrected chi connectivity index (χ1v) is 9.63. The van der Waals surface area contributed by atoms with E-state index < -0.39 is 0 Å². The van der Waals surface area contributed by atoms with E-state index in [-0.39, 0.29) is 6.10 Å². The lowest BCUT2D eigenvalue weighted by atomic mass is 10.1. The van der Waals surface area contributed by atoms with Crippen molar-refractivity contribution >= 4 is 16.9 Å². The number of fused-ring (bicyclic) bond motifs is 1. The van der Waals surface area contributed by atoms with Crippen LogP contribution in [-0.2, 0) is 4.74 Å². The molecule has 0 saturated carbocycles. The van der Waals surface area contributed by atoms with Crippen molar-refractivity contribution in [2.24, 2.45) is 0 Å². The number of rotatable bonds is 5. The number of anilines is 1. The van der Waals surface area contributed by atoms with E-state index in [4.69, 9.17) is 9.72 Å². The van der Waals surface area contributed by atoms with Crippen LogP contribution in [0.1, 0.15) is 0 Å². The molecule has 0 aliphatic carbocycles. The van der Waals surface area contributed by atoms with E-state index in [0.29, 0.717) is 6.54 Å². The summed E-state index contributed by atoms with van der Waals surface area (Å²) in [7, 11) is 0. The van der Waals surface area contributed by atoms with Crippen molar-refractivity contribution in [3.8, 4) is 16.9 Å². The second-order valence-corrected chi connectivity index (χ2v) is 6.87. The lowest BCUT2D eigenvalue weighted by Crippen LogP contribution is -2.42. The molecule has 1 saturated heterocycles. The van der Waals surface area contributed by atoms with E-state index in [9.17, 15) is 0 Å². The average molecular weight is 387 g/mol. The molecule has 4 heterocycles. The van der Waals surface area contributed by atoms with Gasteiger partial charge in [-0.25, -0.2) is 15.0 Å². The highest BCUT2D eigenvalue weighted by Crippen LogP contribution is 2.26. The van der Waals surface area contributed by atoms with Crippen LogP contribution >= 0.6 is 0 Å². The van der Waals surface area contributed by atoms with Crippen LogP contribution in [0.2, 0.25) is 0 Å². The van der Waals surface area contributed by atoms with Crippen LogP contribution in [0, 0.1) is 0 Å². The minimum atomic E-state index is 0.107. The molecule has 8 nitrogen and oxygen atoms in total. The van der Waals surface area contributed by atoms with Gasteiger partial charge in [0.05, 0.1) is 30.2 Å². The van der Waals surface area contributed by atoms with Gasteiger partial charge >= 0.3 is 0 Å². The number of morpholine rings is 1. The normalized spacial score (nSPS) is 16.8. The Hall–Kier alpha value is -3.36. The number of nitrogens with one attached hydrogen (secondary N) is 2. The van der Waals surface area contributed by atoms with E-state index in [1.54, 1.807) is 24.9 Å². The highest BCUT2D eigenvalue weighted by atomic mass is 16.5. The van der Waals surface area contributed by atoms with Crippen LogP contribution in [0.4, 0.5) is 5.82 Å². The van der Waals surface area contributed by atoms with Gasteiger partial charge in [0.2, 0.25) is 0 Å². The van der Waals surface area contributed by atoms with Crippen molar-refractivity contribution in [2.45, 2.75) is 6.10 Å². The number of hydrogen-bond acceptors (Lipinski definition) is 7. The SMILES string of the molecule is c1cn(-c2ccc(-c3cc4nccnc4c(NC[C@@H]4CNCCO4)n3)cc2)cn1. The topological polar surface area (TPSA) is 89.8 Å². The molecule has 1 atom stereocenters. The number of pyridine rings is 1. The van der Waals surface area contributed by atoms with Gasteiger partial charge in [-0.05, 0) is 18.2 Å². The summed E-state index contributed by atoms with van der Waals surface area (Å²) in [6.07, 6.45) is 8.96. The monoisotopic (exact) mass is 387 g/mol. The molecule has 1 aliphatic heterocycles. The Morgan fingerprint density at radius 2 is 2.03 bits per heavy atom. The van der Waals surface area contributed by atoms with Gasteiger partial charge < -0.3 is 19.9 Å². The third-order valence-corrected chi connectivity index (χ3v) is 4.92. The fourth-order valence-corrected chi connectivity index (χ4v) is 3.42. The summed E-state index contributed by atoms with van der Waals surface area (Å²) < 4.78 is 7.75. The molecule has 1 aromatic carbocycles. The first-order valence-electron chi connectivity index (χ1n) is 9.63. The molecule has 2 N–H and O–H groups in total. The summed E-state index contributed by atoms with van der Waals surface area (Å²) in [5.41, 5.74) is 4.48. The molecule has 0 amide bonds. The number of nitrogens with zero attached hydrogens (tertiary/aromatic N) is 5. The van der Waals surface area contributed by atoms with Crippen molar-refractivity contribution < 1.29 is 4.74 Å². The first kappa shape index (κ1) is 17.7. The van der Waals surface area contributed by atoms with Gasteiger partial charge in [0, 0.05) is 55.7 Å². The first-order chi connectivity index (χ1) is 14.4. The lowest BCUT2D eigenvalue weighted by molar-refractivity contribution is 0.0372. The highest BCUT2D eigenvalue weighted by molar-refractivity contribution is 5.88. The molecule has 29 heavy (non-hydrogen) atoms. The summed E-state index contributed by atoms with van der Waals surface area (Å²) in [5.74, 6) is 0.721. The number of hydrogen-bond donors (Lipinski definition) is 2. The number of aromatic nitrogens is 5. The predicted molar refractivity (Wildman–Crippen MR) is 111 cm³/mol. The van der Waals surface area contributed by atoms with Crippen LogP contribution < -0.4 is 10.6 Å². The van der Waals surface area contributed by atoms with Gasteiger partial charge in [0.15, 0.2) is 5.82 Å². The fourth-order valence-electron chi connectivity index (χ4n) is 3.42. The van der Waals surface area contributed by atoms with Gasteiger partial charge in [-0.1, -0.05) is 12.1 Å². The fraction of sp³-hybridized carbons (Fsp3) is 0.238. The third kappa shape index (κ3) is 3.80. The van der Waals surface area contributed by atoms with E-state index in [1.807, 2.05) is 29.0 Å². The van der Waals surface area contributed by atoms with Crippen LogP contribution in [-0.4, -0.2) is 56.8 Å². The highest BCUT2D eigenvalue weighted by Gasteiger charge is 2.15. The summed E-state index contributed by atoms with van der Waals surface area (Å²) in [5, 5.41) is 6.75. The number of imidazole rings is 1. The summed E-state index contributed by atoms with van der Waals surface area (Å²) >= 11 is 0. The Kier molecular flexibility index (Phi) is 4.85. The molecule has 0 spiro atoms. The predicted octanol–water partition coefficient (Wildman–Crippen LogP) is 2.28. The minimum Gasteiger partial charge on any atom is -0.374 e. The van der Waals surface area contributed by atoms with Crippen LogP contribution in [0.15, 0.2) is 61.4 Å². The van der Waals surface area contributed by atoms with Gasteiger partial charge in [-0.15, -0.1) is 0 Å².